The molecular weight excluding hydrogens is 304 g/mol. The quantitative estimate of drug-likeness (QED) is 0.884. The van der Waals surface area contributed by atoms with E-state index in [0.29, 0.717) is 22.3 Å². The number of aromatic nitrogens is 2. The number of amides is 1. The second kappa shape index (κ2) is 7.09. The topological polar surface area (TPSA) is 76.1 Å². The van der Waals surface area contributed by atoms with Crippen LogP contribution in [0.2, 0.25) is 5.02 Å². The molecule has 1 heterocycles. The van der Waals surface area contributed by atoms with Gasteiger partial charge in [-0.05, 0) is 32.0 Å². The zero-order valence-corrected chi connectivity index (χ0v) is 13.3. The molecular formula is C15H17ClN4O2. The maximum Gasteiger partial charge on any atom is 0.274 e. The second-order valence-corrected chi connectivity index (χ2v) is 5.32. The average Bonchev–Trinajstić information content (AvgIpc) is 2.47. The number of anilines is 2. The summed E-state index contributed by atoms with van der Waals surface area (Å²) in [4.78, 5) is 20.4. The molecule has 7 heteroatoms. The summed E-state index contributed by atoms with van der Waals surface area (Å²) >= 11 is 5.94. The molecule has 0 atom stereocenters. The maximum absolute atomic E-state index is 12.3. The summed E-state index contributed by atoms with van der Waals surface area (Å²) in [5, 5.41) is 6.35. The van der Waals surface area contributed by atoms with Crippen LogP contribution >= 0.6 is 11.6 Å². The lowest BCUT2D eigenvalue weighted by Gasteiger charge is -2.11. The van der Waals surface area contributed by atoms with Crippen LogP contribution in [-0.4, -0.2) is 29.0 Å². The number of rotatable bonds is 5. The highest BCUT2D eigenvalue weighted by Crippen LogP contribution is 2.28. The monoisotopic (exact) mass is 320 g/mol. The first-order valence-corrected chi connectivity index (χ1v) is 7.11. The summed E-state index contributed by atoms with van der Waals surface area (Å²) in [6, 6.07) is 6.78. The SMILES string of the molecule is COc1ccc(Cl)cc1NC(=O)c1cc(NC(C)C)ncn1. The zero-order chi connectivity index (χ0) is 16.1. The molecule has 2 N–H and O–H groups in total. The van der Waals surface area contributed by atoms with Gasteiger partial charge < -0.3 is 15.4 Å². The summed E-state index contributed by atoms with van der Waals surface area (Å²) in [6.07, 6.45) is 1.34. The van der Waals surface area contributed by atoms with Crippen LogP contribution in [0.15, 0.2) is 30.6 Å². The molecule has 0 aliphatic carbocycles. The van der Waals surface area contributed by atoms with E-state index in [1.807, 2.05) is 13.8 Å². The fourth-order valence-electron chi connectivity index (χ4n) is 1.82. The third-order valence-electron chi connectivity index (χ3n) is 2.75. The highest BCUT2D eigenvalue weighted by atomic mass is 35.5. The van der Waals surface area contributed by atoms with Gasteiger partial charge >= 0.3 is 0 Å². The van der Waals surface area contributed by atoms with Gasteiger partial charge in [-0.25, -0.2) is 9.97 Å². The van der Waals surface area contributed by atoms with Crippen molar-refractivity contribution in [3.8, 4) is 5.75 Å². The molecule has 116 valence electrons. The normalized spacial score (nSPS) is 10.4. The summed E-state index contributed by atoms with van der Waals surface area (Å²) in [6.45, 7) is 3.97. The molecule has 0 unspecified atom stereocenters. The fraction of sp³-hybridized carbons (Fsp3) is 0.267. The minimum atomic E-state index is -0.366. The highest BCUT2D eigenvalue weighted by Gasteiger charge is 2.12. The standard InChI is InChI=1S/C15H17ClN4O2/c1-9(2)19-14-7-12(17-8-18-14)15(21)20-11-6-10(16)4-5-13(11)22-3/h4-9H,1-3H3,(H,20,21)(H,17,18,19). The third-order valence-corrected chi connectivity index (χ3v) is 2.98. The number of hydrogen-bond acceptors (Lipinski definition) is 5. The molecule has 0 aliphatic heterocycles. The summed E-state index contributed by atoms with van der Waals surface area (Å²) < 4.78 is 5.19. The van der Waals surface area contributed by atoms with E-state index in [2.05, 4.69) is 20.6 Å². The molecule has 0 aliphatic rings. The fourth-order valence-corrected chi connectivity index (χ4v) is 1.99. The number of methoxy groups -OCH3 is 1. The van der Waals surface area contributed by atoms with Gasteiger partial charge in [-0.15, -0.1) is 0 Å². The van der Waals surface area contributed by atoms with Gasteiger partial charge in [0.05, 0.1) is 12.8 Å². The van der Waals surface area contributed by atoms with Crippen molar-refractivity contribution < 1.29 is 9.53 Å². The number of benzene rings is 1. The van der Waals surface area contributed by atoms with Crippen LogP contribution in [0, 0.1) is 0 Å². The first-order chi connectivity index (χ1) is 10.5. The van der Waals surface area contributed by atoms with Crippen molar-refractivity contribution in [2.24, 2.45) is 0 Å². The number of ether oxygens (including phenoxy) is 1. The smallest absolute Gasteiger partial charge is 0.274 e. The Morgan fingerprint density at radius 2 is 2.05 bits per heavy atom. The Bertz CT molecular complexity index is 676. The van der Waals surface area contributed by atoms with Gasteiger partial charge in [-0.3, -0.25) is 4.79 Å². The minimum absolute atomic E-state index is 0.207. The van der Waals surface area contributed by atoms with E-state index < -0.39 is 0 Å². The van der Waals surface area contributed by atoms with Crippen LogP contribution in [0.1, 0.15) is 24.3 Å². The molecule has 0 radical (unpaired) electrons. The number of halogens is 1. The highest BCUT2D eigenvalue weighted by molar-refractivity contribution is 6.31. The molecule has 0 saturated heterocycles. The van der Waals surface area contributed by atoms with E-state index >= 15 is 0 Å². The molecule has 2 aromatic rings. The van der Waals surface area contributed by atoms with Crippen molar-refractivity contribution >= 4 is 29.0 Å². The summed E-state index contributed by atoms with van der Waals surface area (Å²) in [7, 11) is 1.52. The Kier molecular flexibility index (Phi) is 5.16. The van der Waals surface area contributed by atoms with Gasteiger partial charge in [0.25, 0.3) is 5.91 Å². The van der Waals surface area contributed by atoms with Crippen LogP contribution in [0.3, 0.4) is 0 Å². The number of nitrogens with zero attached hydrogens (tertiary/aromatic N) is 2. The van der Waals surface area contributed by atoms with E-state index in [9.17, 15) is 4.79 Å². The average molecular weight is 321 g/mol. The molecule has 0 fully saturated rings. The molecule has 2 rings (SSSR count). The molecule has 1 aromatic heterocycles. The van der Waals surface area contributed by atoms with Crippen LogP contribution in [-0.2, 0) is 0 Å². The number of hydrogen-bond donors (Lipinski definition) is 2. The Balaban J connectivity index is 2.20. The molecule has 22 heavy (non-hydrogen) atoms. The largest absolute Gasteiger partial charge is 0.495 e. The number of nitrogens with one attached hydrogen (secondary N) is 2. The molecule has 1 aromatic carbocycles. The van der Waals surface area contributed by atoms with Crippen molar-refractivity contribution in [1.29, 1.82) is 0 Å². The van der Waals surface area contributed by atoms with E-state index in [4.69, 9.17) is 16.3 Å². The lowest BCUT2D eigenvalue weighted by molar-refractivity contribution is 0.102. The lowest BCUT2D eigenvalue weighted by Crippen LogP contribution is -2.16. The maximum atomic E-state index is 12.3. The summed E-state index contributed by atoms with van der Waals surface area (Å²) in [5.74, 6) is 0.746. The van der Waals surface area contributed by atoms with Gasteiger partial charge in [-0.1, -0.05) is 11.6 Å². The lowest BCUT2D eigenvalue weighted by atomic mass is 10.2. The van der Waals surface area contributed by atoms with Crippen molar-refractivity contribution in [2.75, 3.05) is 17.7 Å². The van der Waals surface area contributed by atoms with Gasteiger partial charge in [0, 0.05) is 17.1 Å². The van der Waals surface area contributed by atoms with Crippen LogP contribution < -0.4 is 15.4 Å². The molecule has 6 nitrogen and oxygen atoms in total. The Labute approximate surface area is 133 Å². The summed E-state index contributed by atoms with van der Waals surface area (Å²) in [5.41, 5.74) is 0.733. The van der Waals surface area contributed by atoms with Gasteiger partial charge in [0.15, 0.2) is 0 Å². The van der Waals surface area contributed by atoms with Gasteiger partial charge in [0.1, 0.15) is 23.6 Å². The second-order valence-electron chi connectivity index (χ2n) is 4.89. The van der Waals surface area contributed by atoms with Crippen molar-refractivity contribution in [3.63, 3.8) is 0 Å². The predicted octanol–water partition coefficient (Wildman–Crippen LogP) is 3.21. The van der Waals surface area contributed by atoms with Crippen molar-refractivity contribution in [1.82, 2.24) is 9.97 Å². The van der Waals surface area contributed by atoms with Crippen molar-refractivity contribution in [2.45, 2.75) is 19.9 Å². The van der Waals surface area contributed by atoms with Crippen LogP contribution in [0.25, 0.3) is 0 Å². The van der Waals surface area contributed by atoms with Crippen molar-refractivity contribution in [3.05, 3.63) is 41.3 Å². The number of carbonyl (C=O) groups is 1. The van der Waals surface area contributed by atoms with Gasteiger partial charge in [0.2, 0.25) is 0 Å². The van der Waals surface area contributed by atoms with Crippen LogP contribution in [0.5, 0.6) is 5.75 Å². The van der Waals surface area contributed by atoms with E-state index in [0.717, 1.165) is 0 Å². The first-order valence-electron chi connectivity index (χ1n) is 6.73. The molecule has 1 amide bonds. The number of carbonyl (C=O) groups excluding carboxylic acids is 1. The van der Waals surface area contributed by atoms with E-state index in [1.54, 1.807) is 24.3 Å². The Morgan fingerprint density at radius 3 is 2.73 bits per heavy atom. The van der Waals surface area contributed by atoms with E-state index in [-0.39, 0.29) is 17.6 Å². The Morgan fingerprint density at radius 1 is 1.27 bits per heavy atom. The Hall–Kier alpha value is -2.34. The van der Waals surface area contributed by atoms with E-state index in [1.165, 1.54) is 13.4 Å². The van der Waals surface area contributed by atoms with Crippen LogP contribution in [0.4, 0.5) is 11.5 Å². The molecule has 0 saturated carbocycles. The predicted molar refractivity (Wildman–Crippen MR) is 86.7 cm³/mol. The first kappa shape index (κ1) is 16.0. The zero-order valence-electron chi connectivity index (χ0n) is 12.6. The molecule has 0 spiro atoms. The van der Waals surface area contributed by atoms with Gasteiger partial charge in [-0.2, -0.15) is 0 Å². The third kappa shape index (κ3) is 4.08. The molecule has 0 bridgehead atoms. The minimum Gasteiger partial charge on any atom is -0.495 e.